The second kappa shape index (κ2) is 6.85. The van der Waals surface area contributed by atoms with E-state index in [0.29, 0.717) is 5.69 Å². The number of hydrogen-bond acceptors (Lipinski definition) is 4. The molecule has 0 bridgehead atoms. The van der Waals surface area contributed by atoms with Gasteiger partial charge in [0.15, 0.2) is 0 Å². The Morgan fingerprint density at radius 2 is 1.12 bits per heavy atom. The van der Waals surface area contributed by atoms with Crippen LogP contribution in [0.3, 0.4) is 0 Å². The molecule has 0 atom stereocenters. The van der Waals surface area contributed by atoms with E-state index >= 15 is 0 Å². The lowest BCUT2D eigenvalue weighted by atomic mass is 9.93. The van der Waals surface area contributed by atoms with E-state index in [-0.39, 0.29) is 0 Å². The van der Waals surface area contributed by atoms with E-state index in [2.05, 4.69) is 0 Å². The van der Waals surface area contributed by atoms with Crippen molar-refractivity contribution in [3.8, 4) is 33.8 Å². The summed E-state index contributed by atoms with van der Waals surface area (Å²) in [5, 5.41) is 0. The Kier molecular flexibility index (Phi) is 4.61. The molecule has 25 heavy (non-hydrogen) atoms. The Labute approximate surface area is 148 Å². The van der Waals surface area contributed by atoms with Gasteiger partial charge in [0.05, 0.1) is 19.9 Å². The summed E-state index contributed by atoms with van der Waals surface area (Å²) < 4.78 is 11.0. The van der Waals surface area contributed by atoms with Crippen molar-refractivity contribution in [1.82, 2.24) is 4.98 Å². The highest BCUT2D eigenvalue weighted by atomic mass is 16.5. The Bertz CT molecular complexity index is 848. The maximum absolute atomic E-state index is 6.65. The summed E-state index contributed by atoms with van der Waals surface area (Å²) in [6, 6.07) is 15.7. The predicted octanol–water partition coefficient (Wildman–Crippen LogP) is 4.63. The fraction of sp³-hybridized carbons (Fsp3) is 0.190. The first-order chi connectivity index (χ1) is 12.1. The number of rotatable bonds is 4. The molecule has 4 heteroatoms. The van der Waals surface area contributed by atoms with Gasteiger partial charge in [0.25, 0.3) is 0 Å². The fourth-order valence-electron chi connectivity index (χ4n) is 3.26. The van der Waals surface area contributed by atoms with Gasteiger partial charge >= 0.3 is 0 Å². The van der Waals surface area contributed by atoms with Crippen molar-refractivity contribution in [2.24, 2.45) is 0 Å². The summed E-state index contributed by atoms with van der Waals surface area (Å²) in [6.45, 7) is 3.94. The molecule has 0 aliphatic heterocycles. The molecular weight excluding hydrogens is 312 g/mol. The number of benzene rings is 2. The Hall–Kier alpha value is -3.01. The number of aryl methyl sites for hydroxylation is 2. The molecule has 0 aliphatic rings. The van der Waals surface area contributed by atoms with Gasteiger partial charge in [0.1, 0.15) is 11.5 Å². The van der Waals surface area contributed by atoms with E-state index in [1.165, 1.54) is 0 Å². The van der Waals surface area contributed by atoms with Crippen LogP contribution in [-0.4, -0.2) is 19.2 Å². The Morgan fingerprint density at radius 1 is 0.720 bits per heavy atom. The third-order valence-electron chi connectivity index (χ3n) is 4.35. The largest absolute Gasteiger partial charge is 0.496 e. The zero-order valence-corrected chi connectivity index (χ0v) is 15.0. The maximum atomic E-state index is 6.65. The quantitative estimate of drug-likeness (QED) is 0.755. The molecule has 0 unspecified atom stereocenters. The van der Waals surface area contributed by atoms with E-state index in [1.807, 2.05) is 62.4 Å². The van der Waals surface area contributed by atoms with E-state index in [4.69, 9.17) is 20.2 Å². The smallest absolute Gasteiger partial charge is 0.126 e. The van der Waals surface area contributed by atoms with Gasteiger partial charge in [-0.1, -0.05) is 36.4 Å². The molecular formula is C21H22N2O2. The van der Waals surface area contributed by atoms with Gasteiger partial charge in [0, 0.05) is 33.6 Å². The Morgan fingerprint density at radius 3 is 1.52 bits per heavy atom. The molecule has 0 spiro atoms. The normalized spacial score (nSPS) is 10.6. The number of hydrogen-bond donors (Lipinski definition) is 1. The second-order valence-electron chi connectivity index (χ2n) is 5.85. The minimum absolute atomic E-state index is 0.680. The second-order valence-corrected chi connectivity index (χ2v) is 5.85. The third kappa shape index (κ3) is 2.91. The van der Waals surface area contributed by atoms with E-state index in [9.17, 15) is 0 Å². The minimum Gasteiger partial charge on any atom is -0.496 e. The summed E-state index contributed by atoms with van der Waals surface area (Å²) in [6.07, 6.45) is 0. The molecule has 1 aromatic heterocycles. The number of pyridine rings is 1. The number of para-hydroxylation sites is 2. The summed E-state index contributed by atoms with van der Waals surface area (Å²) in [5.74, 6) is 1.54. The van der Waals surface area contributed by atoms with Gasteiger partial charge in [-0.25, -0.2) is 0 Å². The third-order valence-corrected chi connectivity index (χ3v) is 4.35. The summed E-state index contributed by atoms with van der Waals surface area (Å²) >= 11 is 0. The molecule has 2 N–H and O–H groups in total. The molecule has 0 aliphatic carbocycles. The lowest BCUT2D eigenvalue weighted by Gasteiger charge is -2.19. The first-order valence-corrected chi connectivity index (χ1v) is 8.12. The van der Waals surface area contributed by atoms with E-state index in [1.54, 1.807) is 14.2 Å². The molecule has 4 nitrogen and oxygen atoms in total. The zero-order chi connectivity index (χ0) is 18.0. The van der Waals surface area contributed by atoms with Crippen LogP contribution in [0.5, 0.6) is 11.5 Å². The van der Waals surface area contributed by atoms with Crippen LogP contribution in [0.1, 0.15) is 11.4 Å². The highest BCUT2D eigenvalue weighted by molar-refractivity contribution is 5.94. The number of aromatic nitrogens is 1. The average Bonchev–Trinajstić information content (AvgIpc) is 2.62. The van der Waals surface area contributed by atoms with Crippen LogP contribution in [-0.2, 0) is 0 Å². The predicted molar refractivity (Wildman–Crippen MR) is 102 cm³/mol. The van der Waals surface area contributed by atoms with Crippen molar-refractivity contribution >= 4 is 5.69 Å². The van der Waals surface area contributed by atoms with E-state index < -0.39 is 0 Å². The van der Waals surface area contributed by atoms with Gasteiger partial charge in [-0.2, -0.15) is 0 Å². The van der Waals surface area contributed by atoms with Gasteiger partial charge in [-0.3, -0.25) is 4.98 Å². The monoisotopic (exact) mass is 334 g/mol. The molecule has 0 amide bonds. The van der Waals surface area contributed by atoms with Crippen molar-refractivity contribution in [3.05, 3.63) is 59.9 Å². The van der Waals surface area contributed by atoms with Crippen LogP contribution < -0.4 is 15.2 Å². The Balaban J connectivity index is 2.33. The summed E-state index contributed by atoms with van der Waals surface area (Å²) in [4.78, 5) is 4.75. The van der Waals surface area contributed by atoms with Crippen LogP contribution in [0.25, 0.3) is 22.3 Å². The maximum Gasteiger partial charge on any atom is 0.126 e. The van der Waals surface area contributed by atoms with Gasteiger partial charge in [-0.15, -0.1) is 0 Å². The van der Waals surface area contributed by atoms with Crippen LogP contribution in [0.2, 0.25) is 0 Å². The molecule has 128 valence electrons. The zero-order valence-electron chi connectivity index (χ0n) is 15.0. The lowest BCUT2D eigenvalue weighted by molar-refractivity contribution is 0.416. The number of ether oxygens (including phenoxy) is 2. The molecule has 0 fully saturated rings. The van der Waals surface area contributed by atoms with Gasteiger partial charge in [0.2, 0.25) is 0 Å². The number of nitrogens with two attached hydrogens (primary N) is 1. The first kappa shape index (κ1) is 16.8. The van der Waals surface area contributed by atoms with Gasteiger partial charge in [-0.05, 0) is 26.0 Å². The average molecular weight is 334 g/mol. The number of methoxy groups -OCH3 is 2. The van der Waals surface area contributed by atoms with E-state index in [0.717, 1.165) is 45.1 Å². The molecule has 0 saturated heterocycles. The number of nitrogen functional groups attached to an aromatic ring is 1. The highest BCUT2D eigenvalue weighted by Crippen LogP contribution is 2.43. The number of nitrogens with zero attached hydrogens (tertiary/aromatic N) is 1. The minimum atomic E-state index is 0.680. The summed E-state index contributed by atoms with van der Waals surface area (Å²) in [7, 11) is 3.32. The molecule has 1 heterocycles. The van der Waals surface area contributed by atoms with Crippen LogP contribution in [0.4, 0.5) is 5.69 Å². The lowest BCUT2D eigenvalue weighted by Crippen LogP contribution is -2.04. The fourth-order valence-corrected chi connectivity index (χ4v) is 3.26. The van der Waals surface area contributed by atoms with Crippen LogP contribution in [0, 0.1) is 13.8 Å². The van der Waals surface area contributed by atoms with Crippen molar-refractivity contribution < 1.29 is 9.47 Å². The van der Waals surface area contributed by atoms with Crippen LogP contribution >= 0.6 is 0 Å². The highest BCUT2D eigenvalue weighted by Gasteiger charge is 2.20. The first-order valence-electron chi connectivity index (χ1n) is 8.12. The van der Waals surface area contributed by atoms with Crippen molar-refractivity contribution in [3.63, 3.8) is 0 Å². The molecule has 3 aromatic rings. The SMILES string of the molecule is COc1ccccc1-c1c(C)nc(C)c(-c2ccccc2OC)c1N. The molecule has 3 rings (SSSR count). The molecule has 2 aromatic carbocycles. The van der Waals surface area contributed by atoms with Crippen molar-refractivity contribution in [2.45, 2.75) is 13.8 Å². The number of anilines is 1. The molecule has 0 saturated carbocycles. The standard InChI is InChI=1S/C21H22N2O2/c1-13-19(15-9-5-7-11-17(15)24-3)21(22)20(14(2)23-13)16-10-6-8-12-18(16)25-4/h5-12H,1-4H3,(H2,22,23). The summed E-state index contributed by atoms with van der Waals surface area (Å²) in [5.41, 5.74) is 12.7. The van der Waals surface area contributed by atoms with Gasteiger partial charge < -0.3 is 15.2 Å². The van der Waals surface area contributed by atoms with Crippen molar-refractivity contribution in [2.75, 3.05) is 20.0 Å². The topological polar surface area (TPSA) is 57.4 Å². The van der Waals surface area contributed by atoms with Crippen molar-refractivity contribution in [1.29, 1.82) is 0 Å². The van der Waals surface area contributed by atoms with Crippen LogP contribution in [0.15, 0.2) is 48.5 Å². The molecule has 0 radical (unpaired) electrons.